The lowest BCUT2D eigenvalue weighted by atomic mass is 10.1. The van der Waals surface area contributed by atoms with Crippen molar-refractivity contribution in [3.05, 3.63) is 60.7 Å². The maximum absolute atomic E-state index is 6.08. The summed E-state index contributed by atoms with van der Waals surface area (Å²) in [6.45, 7) is 13.5. The maximum atomic E-state index is 6.08. The van der Waals surface area contributed by atoms with Crippen LogP contribution < -0.4 is 21.3 Å². The fourth-order valence-corrected chi connectivity index (χ4v) is 6.23. The van der Waals surface area contributed by atoms with E-state index in [2.05, 4.69) is 53.8 Å². The van der Waals surface area contributed by atoms with Crippen molar-refractivity contribution in [1.82, 2.24) is 19.8 Å². The number of fused-ring (bicyclic) bond motifs is 2. The third kappa shape index (κ3) is 8.30. The Morgan fingerprint density at radius 3 is 1.31 bits per heavy atom. The molecule has 0 radical (unpaired) electrons. The molecule has 2 aromatic heterocycles. The van der Waals surface area contributed by atoms with E-state index in [0.717, 1.165) is 87.3 Å². The lowest BCUT2D eigenvalue weighted by molar-refractivity contribution is 0.00677. The fraction of sp³-hybridized carbons (Fsp3) is 0.471. The van der Waals surface area contributed by atoms with E-state index >= 15 is 0 Å². The van der Waals surface area contributed by atoms with E-state index in [0.29, 0.717) is 51.3 Å². The number of benzene rings is 2. The van der Waals surface area contributed by atoms with Crippen molar-refractivity contribution >= 4 is 44.8 Å². The van der Waals surface area contributed by atoms with Gasteiger partial charge in [-0.05, 0) is 12.1 Å². The van der Waals surface area contributed by atoms with Crippen LogP contribution in [-0.4, -0.2) is 125 Å². The normalized spacial score (nSPS) is 16.6. The van der Waals surface area contributed by atoms with Crippen molar-refractivity contribution in [2.45, 2.75) is 0 Å². The second-order valence-electron chi connectivity index (χ2n) is 11.7. The Balaban J connectivity index is 0.774. The molecule has 2 aliphatic heterocycles. The molecule has 2 fully saturated rings. The van der Waals surface area contributed by atoms with Gasteiger partial charge in [-0.2, -0.15) is 0 Å². The van der Waals surface area contributed by atoms with Crippen molar-refractivity contribution in [3.63, 3.8) is 0 Å². The van der Waals surface area contributed by atoms with Gasteiger partial charge in [0.15, 0.2) is 0 Å². The predicted molar refractivity (Wildman–Crippen MR) is 182 cm³/mol. The van der Waals surface area contributed by atoms with Crippen LogP contribution in [0.1, 0.15) is 0 Å². The van der Waals surface area contributed by atoms with Crippen LogP contribution in [0.15, 0.2) is 60.7 Å². The molecule has 0 amide bonds. The van der Waals surface area contributed by atoms with E-state index in [4.69, 9.17) is 25.7 Å². The minimum absolute atomic E-state index is 0.570. The van der Waals surface area contributed by atoms with Crippen molar-refractivity contribution in [2.24, 2.45) is 0 Å². The highest BCUT2D eigenvalue weighted by atomic mass is 16.5. The average Bonchev–Trinajstić information content (AvgIpc) is 3.07. The molecule has 240 valence electrons. The zero-order chi connectivity index (χ0) is 30.8. The molecule has 0 atom stereocenters. The van der Waals surface area contributed by atoms with Crippen molar-refractivity contribution in [1.29, 1.82) is 0 Å². The number of ether oxygens (including phenoxy) is 3. The van der Waals surface area contributed by atoms with Gasteiger partial charge in [-0.1, -0.05) is 36.4 Å². The first kappa shape index (κ1) is 31.3. The SMILES string of the molecule is Nc1cc(N2CCN(CCOCCOCCOCCN3CCN(c4cc(N)nc5ccccc45)CC3)CC2)c2ccccc2n1. The lowest BCUT2D eigenvalue weighted by Gasteiger charge is -2.36. The van der Waals surface area contributed by atoms with Gasteiger partial charge in [-0.25, -0.2) is 9.97 Å². The van der Waals surface area contributed by atoms with Crippen molar-refractivity contribution < 1.29 is 14.2 Å². The highest BCUT2D eigenvalue weighted by Gasteiger charge is 2.20. The molecular formula is C34H46N8O3. The topological polar surface area (TPSA) is 118 Å². The zero-order valence-electron chi connectivity index (χ0n) is 26.1. The average molecular weight is 615 g/mol. The number of nitrogen functional groups attached to an aromatic ring is 2. The number of hydrogen-bond donors (Lipinski definition) is 2. The van der Waals surface area contributed by atoms with E-state index in [1.165, 1.54) is 11.4 Å². The summed E-state index contributed by atoms with van der Waals surface area (Å²) >= 11 is 0. The van der Waals surface area contributed by atoms with Crippen molar-refractivity contribution in [3.8, 4) is 0 Å². The molecule has 0 aliphatic carbocycles. The summed E-state index contributed by atoms with van der Waals surface area (Å²) in [7, 11) is 0. The lowest BCUT2D eigenvalue weighted by Crippen LogP contribution is -2.47. The Morgan fingerprint density at radius 1 is 0.511 bits per heavy atom. The fourth-order valence-electron chi connectivity index (χ4n) is 6.23. The van der Waals surface area contributed by atoms with Crippen LogP contribution in [0.25, 0.3) is 21.8 Å². The zero-order valence-corrected chi connectivity index (χ0v) is 26.1. The summed E-state index contributed by atoms with van der Waals surface area (Å²) in [5.74, 6) is 1.14. The van der Waals surface area contributed by atoms with Gasteiger partial charge in [0.05, 0.1) is 50.7 Å². The Labute approximate surface area is 265 Å². The molecule has 2 aromatic carbocycles. The molecule has 11 nitrogen and oxygen atoms in total. The molecular weight excluding hydrogens is 568 g/mol. The molecule has 4 heterocycles. The summed E-state index contributed by atoms with van der Waals surface area (Å²) in [5, 5.41) is 2.32. The molecule has 0 bridgehead atoms. The number of aromatic nitrogens is 2. The number of para-hydroxylation sites is 2. The second-order valence-corrected chi connectivity index (χ2v) is 11.7. The van der Waals surface area contributed by atoms with Gasteiger partial charge >= 0.3 is 0 Å². The summed E-state index contributed by atoms with van der Waals surface area (Å²) < 4.78 is 17.4. The van der Waals surface area contributed by atoms with E-state index < -0.39 is 0 Å². The molecule has 45 heavy (non-hydrogen) atoms. The molecule has 11 heteroatoms. The molecule has 0 unspecified atom stereocenters. The summed E-state index contributed by atoms with van der Waals surface area (Å²) in [4.78, 5) is 18.7. The number of anilines is 4. The van der Waals surface area contributed by atoms with E-state index in [9.17, 15) is 0 Å². The highest BCUT2D eigenvalue weighted by molar-refractivity contribution is 5.94. The van der Waals surface area contributed by atoms with Crippen LogP contribution in [0, 0.1) is 0 Å². The molecule has 2 aliphatic rings. The van der Waals surface area contributed by atoms with Gasteiger partial charge < -0.3 is 35.5 Å². The van der Waals surface area contributed by atoms with Gasteiger partial charge in [-0.15, -0.1) is 0 Å². The van der Waals surface area contributed by atoms with Crippen LogP contribution in [0.2, 0.25) is 0 Å². The first-order valence-corrected chi connectivity index (χ1v) is 16.1. The molecule has 0 saturated carbocycles. The van der Waals surface area contributed by atoms with Gasteiger partial charge in [0.25, 0.3) is 0 Å². The van der Waals surface area contributed by atoms with Gasteiger partial charge in [-0.3, -0.25) is 9.80 Å². The van der Waals surface area contributed by atoms with Crippen LogP contribution >= 0.6 is 0 Å². The number of rotatable bonds is 14. The quantitative estimate of drug-likeness (QED) is 0.204. The molecule has 6 rings (SSSR count). The number of piperazine rings is 2. The molecule has 0 spiro atoms. The third-order valence-electron chi connectivity index (χ3n) is 8.70. The minimum Gasteiger partial charge on any atom is -0.384 e. The molecule has 4 aromatic rings. The van der Waals surface area contributed by atoms with Crippen LogP contribution in [0.4, 0.5) is 23.0 Å². The van der Waals surface area contributed by atoms with Gasteiger partial charge in [0, 0.05) is 99.7 Å². The number of hydrogen-bond acceptors (Lipinski definition) is 11. The summed E-state index contributed by atoms with van der Waals surface area (Å²) in [6, 6.07) is 20.4. The number of nitrogens with zero attached hydrogens (tertiary/aromatic N) is 6. The van der Waals surface area contributed by atoms with Gasteiger partial charge in [0.2, 0.25) is 0 Å². The van der Waals surface area contributed by atoms with Crippen LogP contribution in [0.5, 0.6) is 0 Å². The van der Waals surface area contributed by atoms with E-state index in [-0.39, 0.29) is 0 Å². The van der Waals surface area contributed by atoms with Crippen LogP contribution in [-0.2, 0) is 14.2 Å². The summed E-state index contributed by atoms with van der Waals surface area (Å²) in [6.07, 6.45) is 0. The maximum Gasteiger partial charge on any atom is 0.126 e. The first-order valence-electron chi connectivity index (χ1n) is 16.1. The van der Waals surface area contributed by atoms with E-state index in [1.54, 1.807) is 0 Å². The smallest absolute Gasteiger partial charge is 0.126 e. The second kappa shape index (κ2) is 15.5. The highest BCUT2D eigenvalue weighted by Crippen LogP contribution is 2.29. The predicted octanol–water partition coefficient (Wildman–Crippen LogP) is 2.94. The molecule has 2 saturated heterocycles. The Morgan fingerprint density at radius 2 is 0.889 bits per heavy atom. The van der Waals surface area contributed by atoms with Crippen LogP contribution in [0.3, 0.4) is 0 Å². The Kier molecular flexibility index (Phi) is 10.8. The molecule has 4 N–H and O–H groups in total. The standard InChI is InChI=1S/C34H46N8O3/c35-33-25-31(27-5-1-3-7-29(27)37-33)41-13-9-39(10-14-41)17-19-43-21-23-45-24-22-44-20-18-40-11-15-42(16-12-40)32-26-34(36)38-30-8-4-2-6-28(30)32/h1-8,25-26H,9-24H2,(H2,35,37)(H2,36,38). The monoisotopic (exact) mass is 614 g/mol. The minimum atomic E-state index is 0.570. The van der Waals surface area contributed by atoms with Crippen molar-refractivity contribution in [2.75, 3.05) is 126 Å². The van der Waals surface area contributed by atoms with Gasteiger partial charge in [0.1, 0.15) is 11.6 Å². The Hall–Kier alpha value is -3.74. The van der Waals surface area contributed by atoms with E-state index in [1.807, 2.05) is 36.4 Å². The Bertz CT molecular complexity index is 1410. The summed E-state index contributed by atoms with van der Waals surface area (Å²) in [5.41, 5.74) is 16.4. The first-order chi connectivity index (χ1) is 22.1. The largest absolute Gasteiger partial charge is 0.384 e. The number of nitrogens with two attached hydrogens (primary N) is 2. The third-order valence-corrected chi connectivity index (χ3v) is 8.70. The number of pyridine rings is 2.